The van der Waals surface area contributed by atoms with Crippen molar-refractivity contribution in [1.82, 2.24) is 25.5 Å². The zero-order valence-electron chi connectivity index (χ0n) is 26.0. The molecule has 0 aliphatic heterocycles. The van der Waals surface area contributed by atoms with E-state index >= 15 is 0 Å². The van der Waals surface area contributed by atoms with E-state index in [-0.39, 0.29) is 25.3 Å². The number of alkyl carbamates (subject to hydrolysis) is 2. The highest BCUT2D eigenvalue weighted by atomic mass is 32.1. The average molecular weight is 650 g/mol. The van der Waals surface area contributed by atoms with Gasteiger partial charge in [0.05, 0.1) is 20.8 Å². The molecule has 2 aromatic heterocycles. The summed E-state index contributed by atoms with van der Waals surface area (Å²) < 4.78 is 11.1. The van der Waals surface area contributed by atoms with Gasteiger partial charge in [-0.3, -0.25) is 14.9 Å². The fraction of sp³-hybridized carbons (Fsp3) is 0.412. The molecular weight excluding hydrogens is 607 g/mol. The van der Waals surface area contributed by atoms with Gasteiger partial charge in [-0.15, -0.1) is 22.7 Å². The fourth-order valence-electron chi connectivity index (χ4n) is 5.20. The summed E-state index contributed by atoms with van der Waals surface area (Å²) in [6.07, 6.45) is 5.85. The molecule has 2 aromatic carbocycles. The zero-order valence-corrected chi connectivity index (χ0v) is 27.6. The number of nitrogens with zero attached hydrogens (tertiary/aromatic N) is 3. The van der Waals surface area contributed by atoms with Gasteiger partial charge in [-0.2, -0.15) is 0 Å². The topological polar surface area (TPSA) is 106 Å². The Bertz CT molecular complexity index is 1270. The van der Waals surface area contributed by atoms with Gasteiger partial charge in [0, 0.05) is 44.1 Å². The molecule has 0 spiro atoms. The largest absolute Gasteiger partial charge is 0.444 e. The molecule has 11 heteroatoms. The molecule has 0 bridgehead atoms. The van der Waals surface area contributed by atoms with Crippen molar-refractivity contribution in [3.63, 3.8) is 0 Å². The third kappa shape index (κ3) is 12.6. The molecule has 0 unspecified atom stereocenters. The van der Waals surface area contributed by atoms with Gasteiger partial charge in [-0.05, 0) is 29.9 Å². The smallest absolute Gasteiger partial charge is 0.407 e. The van der Waals surface area contributed by atoms with Crippen molar-refractivity contribution in [2.75, 3.05) is 19.6 Å². The minimum absolute atomic E-state index is 0.179. The van der Waals surface area contributed by atoms with Crippen molar-refractivity contribution < 1.29 is 19.1 Å². The van der Waals surface area contributed by atoms with Gasteiger partial charge in [-0.25, -0.2) is 9.59 Å². The molecule has 0 aliphatic rings. The molecule has 0 aliphatic carbocycles. The van der Waals surface area contributed by atoms with Gasteiger partial charge in [0.25, 0.3) is 0 Å². The van der Waals surface area contributed by atoms with E-state index in [4.69, 9.17) is 9.47 Å². The minimum Gasteiger partial charge on any atom is -0.444 e. The molecule has 2 atom stereocenters. The number of hydrogen-bond donors (Lipinski definition) is 2. The molecule has 0 fully saturated rings. The molecule has 2 amide bonds. The lowest BCUT2D eigenvalue weighted by Gasteiger charge is -2.33. The predicted molar refractivity (Wildman–Crippen MR) is 179 cm³/mol. The number of amides is 2. The standard InChI is InChI=1S/C34H43N5O4S2/c1-3-26(4-2)19-39(20-29(15-27-11-7-5-8-12-27)37-33(40)42-22-31-17-35-24-44-31)21-30(16-28-13-9-6-10-14-28)38-34(41)43-23-32-18-36-25-45-32/h5-14,17-18,24-26,29-30H,3-4,15-16,19-23H2,1-2H3,(H,37,40)(H,38,41)/t29-,30-/m0/s1. The minimum atomic E-state index is -0.461. The third-order valence-corrected chi connectivity index (χ3v) is 9.09. The summed E-state index contributed by atoms with van der Waals surface area (Å²) >= 11 is 2.90. The lowest BCUT2D eigenvalue weighted by Crippen LogP contribution is -2.51. The highest BCUT2D eigenvalue weighted by Gasteiger charge is 2.24. The molecule has 240 valence electrons. The van der Waals surface area contributed by atoms with Crippen LogP contribution in [0.4, 0.5) is 9.59 Å². The van der Waals surface area contributed by atoms with Gasteiger partial charge < -0.3 is 20.1 Å². The first-order valence-corrected chi connectivity index (χ1v) is 17.2. The molecule has 0 saturated heterocycles. The van der Waals surface area contributed by atoms with Crippen molar-refractivity contribution in [2.45, 2.75) is 64.8 Å². The molecule has 45 heavy (non-hydrogen) atoms. The number of aromatic nitrogens is 2. The fourth-order valence-corrected chi connectivity index (χ4v) is 6.21. The number of carbonyl (C=O) groups is 2. The lowest BCUT2D eigenvalue weighted by molar-refractivity contribution is 0.123. The maximum atomic E-state index is 13.0. The second-order valence-electron chi connectivity index (χ2n) is 11.1. The summed E-state index contributed by atoms with van der Waals surface area (Å²) in [6, 6.07) is 19.9. The number of ether oxygens (including phenoxy) is 2. The van der Waals surface area contributed by atoms with Crippen LogP contribution in [-0.4, -0.2) is 58.8 Å². The SMILES string of the molecule is CCC(CC)CN(C[C@H](Cc1ccccc1)NC(=O)OCc1cncs1)C[C@H](Cc1ccccc1)NC(=O)OCc1cncs1. The van der Waals surface area contributed by atoms with Gasteiger partial charge >= 0.3 is 12.2 Å². The van der Waals surface area contributed by atoms with Crippen LogP contribution < -0.4 is 10.6 Å². The van der Waals surface area contributed by atoms with E-state index in [2.05, 4.69) is 63.6 Å². The maximum Gasteiger partial charge on any atom is 0.407 e. The zero-order chi connectivity index (χ0) is 31.7. The van der Waals surface area contributed by atoms with Crippen LogP contribution >= 0.6 is 22.7 Å². The second kappa shape index (κ2) is 18.9. The molecule has 2 heterocycles. The Hall–Kier alpha value is -3.80. The van der Waals surface area contributed by atoms with Crippen molar-refractivity contribution in [1.29, 1.82) is 0 Å². The number of nitrogens with one attached hydrogen (secondary N) is 2. The van der Waals surface area contributed by atoms with Gasteiger partial charge in [-0.1, -0.05) is 87.4 Å². The summed E-state index contributed by atoms with van der Waals surface area (Å²) in [7, 11) is 0. The Morgan fingerprint density at radius 1 is 0.711 bits per heavy atom. The quantitative estimate of drug-likeness (QED) is 0.123. The van der Waals surface area contributed by atoms with Crippen molar-refractivity contribution >= 4 is 34.9 Å². The first kappa shape index (κ1) is 34.1. The van der Waals surface area contributed by atoms with E-state index in [0.29, 0.717) is 31.8 Å². The Morgan fingerprint density at radius 2 is 1.16 bits per heavy atom. The molecular formula is C34H43N5O4S2. The van der Waals surface area contributed by atoms with Crippen LogP contribution in [0.5, 0.6) is 0 Å². The van der Waals surface area contributed by atoms with Crippen LogP contribution in [0.25, 0.3) is 0 Å². The van der Waals surface area contributed by atoms with Crippen molar-refractivity contribution in [3.8, 4) is 0 Å². The molecule has 0 radical (unpaired) electrons. The number of benzene rings is 2. The highest BCUT2D eigenvalue weighted by molar-refractivity contribution is 7.09. The second-order valence-corrected chi connectivity index (χ2v) is 13.0. The van der Waals surface area contributed by atoms with Crippen LogP contribution in [0, 0.1) is 5.92 Å². The summed E-state index contributed by atoms with van der Waals surface area (Å²) in [6.45, 7) is 6.78. The van der Waals surface area contributed by atoms with Gasteiger partial charge in [0.1, 0.15) is 13.2 Å². The Kier molecular flexibility index (Phi) is 14.3. The Balaban J connectivity index is 1.50. The number of thiazole rings is 2. The van der Waals surface area contributed by atoms with Crippen LogP contribution in [-0.2, 0) is 35.5 Å². The first-order valence-electron chi connectivity index (χ1n) is 15.4. The van der Waals surface area contributed by atoms with E-state index in [1.807, 2.05) is 36.4 Å². The summed E-state index contributed by atoms with van der Waals surface area (Å²) in [4.78, 5) is 38.2. The molecule has 2 N–H and O–H groups in total. The van der Waals surface area contributed by atoms with Crippen molar-refractivity contribution in [2.24, 2.45) is 5.92 Å². The molecule has 4 rings (SSSR count). The van der Waals surface area contributed by atoms with Crippen molar-refractivity contribution in [3.05, 3.63) is 105 Å². The van der Waals surface area contributed by atoms with E-state index in [1.54, 1.807) is 23.4 Å². The summed E-state index contributed by atoms with van der Waals surface area (Å²) in [5.74, 6) is 0.469. The van der Waals surface area contributed by atoms with Crippen LogP contribution in [0.15, 0.2) is 84.1 Å². The van der Waals surface area contributed by atoms with Crippen LogP contribution in [0.1, 0.15) is 47.6 Å². The van der Waals surface area contributed by atoms with Gasteiger partial charge in [0.2, 0.25) is 0 Å². The van der Waals surface area contributed by atoms with E-state index in [9.17, 15) is 9.59 Å². The van der Waals surface area contributed by atoms with Gasteiger partial charge in [0.15, 0.2) is 0 Å². The molecule has 0 saturated carbocycles. The Morgan fingerprint density at radius 3 is 1.53 bits per heavy atom. The number of hydrogen-bond acceptors (Lipinski definition) is 9. The van der Waals surface area contributed by atoms with Crippen LogP contribution in [0.2, 0.25) is 0 Å². The Labute approximate surface area is 274 Å². The van der Waals surface area contributed by atoms with Crippen LogP contribution in [0.3, 0.4) is 0 Å². The van der Waals surface area contributed by atoms with E-state index in [1.165, 1.54) is 22.7 Å². The number of carbonyl (C=O) groups excluding carboxylic acids is 2. The first-order chi connectivity index (χ1) is 22.0. The molecule has 9 nitrogen and oxygen atoms in total. The number of rotatable bonds is 18. The maximum absolute atomic E-state index is 13.0. The normalized spacial score (nSPS) is 12.5. The predicted octanol–water partition coefficient (Wildman–Crippen LogP) is 6.71. The van der Waals surface area contributed by atoms with E-state index in [0.717, 1.165) is 40.3 Å². The molecule has 4 aromatic rings. The third-order valence-electron chi connectivity index (χ3n) is 7.58. The summed E-state index contributed by atoms with van der Waals surface area (Å²) in [5, 5.41) is 6.26. The summed E-state index contributed by atoms with van der Waals surface area (Å²) in [5.41, 5.74) is 5.69. The van der Waals surface area contributed by atoms with E-state index < -0.39 is 12.2 Å². The average Bonchev–Trinajstić information content (AvgIpc) is 3.77. The lowest BCUT2D eigenvalue weighted by atomic mass is 9.99. The monoisotopic (exact) mass is 649 g/mol. The highest BCUT2D eigenvalue weighted by Crippen LogP contribution is 2.15.